The first-order chi connectivity index (χ1) is 16.0. The number of ether oxygens (including phenoxy) is 1. The average Bonchev–Trinajstić information content (AvgIpc) is 2.81. The zero-order chi connectivity index (χ0) is 25.0. The van der Waals surface area contributed by atoms with Crippen LogP contribution in [0.5, 0.6) is 11.5 Å². The van der Waals surface area contributed by atoms with E-state index in [4.69, 9.17) is 8.92 Å². The van der Waals surface area contributed by atoms with E-state index in [2.05, 4.69) is 15.9 Å². The Bertz CT molecular complexity index is 1160. The van der Waals surface area contributed by atoms with Gasteiger partial charge in [0.05, 0.1) is 29.1 Å². The molecular weight excluding hydrogens is 560 g/mol. The Morgan fingerprint density at radius 1 is 0.853 bits per heavy atom. The van der Waals surface area contributed by atoms with Crippen molar-refractivity contribution >= 4 is 28.0 Å². The van der Waals surface area contributed by atoms with Crippen LogP contribution in [0.2, 0.25) is 0 Å². The van der Waals surface area contributed by atoms with Gasteiger partial charge in [-0.15, -0.1) is 0 Å². The molecule has 0 atom stereocenters. The highest BCUT2D eigenvalue weighted by Crippen LogP contribution is 2.35. The number of aryl methyl sites for hydroxylation is 1. The Kier molecular flexibility index (Phi) is 8.34. The molecule has 3 aromatic rings. The molecule has 0 radical (unpaired) electrons. The number of alkyl halides is 3. The summed E-state index contributed by atoms with van der Waals surface area (Å²) >= 11 is 3.44. The van der Waals surface area contributed by atoms with E-state index in [1.165, 1.54) is 6.07 Å². The lowest BCUT2D eigenvalue weighted by Gasteiger charge is -2.17. The van der Waals surface area contributed by atoms with Crippen LogP contribution in [0.25, 0.3) is 0 Å². The molecule has 0 saturated heterocycles. The van der Waals surface area contributed by atoms with E-state index in [1.807, 2.05) is 0 Å². The van der Waals surface area contributed by atoms with Crippen LogP contribution in [0.3, 0.4) is 0 Å². The number of rotatable bonds is 3. The summed E-state index contributed by atoms with van der Waals surface area (Å²) in [5.41, 5.74) is 0.351. The maximum atomic E-state index is 13.5. The first kappa shape index (κ1) is 26.1. The highest BCUT2D eigenvalue weighted by Gasteiger charge is 2.30. The van der Waals surface area contributed by atoms with Gasteiger partial charge in [0, 0.05) is 4.47 Å². The zero-order valence-electron chi connectivity index (χ0n) is 16.8. The van der Waals surface area contributed by atoms with Gasteiger partial charge in [0.2, 0.25) is 34.8 Å². The Morgan fingerprint density at radius 3 is 2.09 bits per heavy atom. The summed E-state index contributed by atoms with van der Waals surface area (Å²) in [6.45, 7) is 0.555. The van der Waals surface area contributed by atoms with Gasteiger partial charge in [-0.05, 0) is 48.7 Å². The summed E-state index contributed by atoms with van der Waals surface area (Å²) < 4.78 is 113. The monoisotopic (exact) mass is 572 g/mol. The van der Waals surface area contributed by atoms with Gasteiger partial charge in [0.15, 0.2) is 0 Å². The fourth-order valence-corrected chi connectivity index (χ4v) is 3.79. The molecule has 0 aliphatic carbocycles. The number of fused-ring (bicyclic) bond motifs is 1. The van der Waals surface area contributed by atoms with E-state index in [0.717, 1.165) is 30.5 Å². The highest BCUT2D eigenvalue weighted by molar-refractivity contribution is 9.10. The number of hydrogen-bond acceptors (Lipinski definition) is 3. The van der Waals surface area contributed by atoms with Gasteiger partial charge in [-0.3, -0.25) is 0 Å². The van der Waals surface area contributed by atoms with Gasteiger partial charge in [0.25, 0.3) is 0 Å². The van der Waals surface area contributed by atoms with Crippen LogP contribution in [0.1, 0.15) is 17.5 Å². The predicted octanol–water partition coefficient (Wildman–Crippen LogP) is 8.26. The molecule has 1 heterocycles. The van der Waals surface area contributed by atoms with Crippen LogP contribution in [0.4, 0.5) is 35.1 Å². The Balaban J connectivity index is 0.000000248. The second-order valence-corrected chi connectivity index (χ2v) is 8.52. The van der Waals surface area contributed by atoms with Gasteiger partial charge in [-0.1, -0.05) is 28.1 Å². The van der Waals surface area contributed by atoms with Crippen molar-refractivity contribution in [2.45, 2.75) is 23.9 Å². The molecule has 3 aromatic carbocycles. The molecule has 2 nitrogen and oxygen atoms in total. The van der Waals surface area contributed by atoms with Gasteiger partial charge in [-0.2, -0.15) is 22.0 Å². The fourth-order valence-electron chi connectivity index (χ4n) is 2.78. The van der Waals surface area contributed by atoms with Crippen molar-refractivity contribution in [2.75, 3.05) is 6.61 Å². The smallest absolute Gasteiger partial charge is 0.416 e. The Morgan fingerprint density at radius 2 is 1.50 bits per heavy atom. The summed E-state index contributed by atoms with van der Waals surface area (Å²) in [6, 6.07) is 9.95. The Hall–Kier alpha value is -2.47. The summed E-state index contributed by atoms with van der Waals surface area (Å²) in [7, 11) is 0. The normalized spacial score (nSPS) is 12.9. The van der Waals surface area contributed by atoms with Crippen LogP contribution in [-0.4, -0.2) is 6.61 Å². The predicted molar refractivity (Wildman–Crippen MR) is 112 cm³/mol. The second-order valence-electron chi connectivity index (χ2n) is 6.80. The minimum atomic E-state index is -4.25. The molecule has 34 heavy (non-hydrogen) atoms. The van der Waals surface area contributed by atoms with Crippen LogP contribution in [0, 0.1) is 29.1 Å². The maximum absolute atomic E-state index is 13.5. The van der Waals surface area contributed by atoms with Crippen molar-refractivity contribution in [3.8, 4) is 11.5 Å². The number of benzene rings is 3. The molecule has 0 aromatic heterocycles. The standard InChI is InChI=1S/C15H9F5O2S.C7H4BrF3/c16-10-11(17)13(19)15(14(20)12(10)18)22-23-8-4-3-7-2-1-5-21-9(7)6-8;8-6-3-1-2-5(4-6)7(9,10)11/h3-4,6H,1-2,5H2;1-4H. The summed E-state index contributed by atoms with van der Waals surface area (Å²) in [5.74, 6) is -11.1. The summed E-state index contributed by atoms with van der Waals surface area (Å²) in [4.78, 5) is 0.412. The topological polar surface area (TPSA) is 18.5 Å². The average molecular weight is 573 g/mol. The van der Waals surface area contributed by atoms with Crippen molar-refractivity contribution in [1.82, 2.24) is 0 Å². The van der Waals surface area contributed by atoms with E-state index >= 15 is 0 Å². The third-order valence-electron chi connectivity index (χ3n) is 4.43. The molecule has 0 bridgehead atoms. The van der Waals surface area contributed by atoms with E-state index in [0.29, 0.717) is 33.8 Å². The van der Waals surface area contributed by atoms with E-state index in [1.54, 1.807) is 24.3 Å². The Labute approximate surface area is 201 Å². The SMILES string of the molecule is FC(F)(F)c1cccc(Br)c1.Fc1c(F)c(F)c(OSc2ccc3c(c2)OCCC3)c(F)c1F. The lowest BCUT2D eigenvalue weighted by molar-refractivity contribution is -0.137. The molecule has 4 rings (SSSR count). The second kappa shape index (κ2) is 10.9. The molecule has 0 N–H and O–H groups in total. The summed E-state index contributed by atoms with van der Waals surface area (Å²) in [5, 5.41) is 0. The fraction of sp³-hybridized carbons (Fsp3) is 0.182. The third kappa shape index (κ3) is 6.15. The lowest BCUT2D eigenvalue weighted by atomic mass is 10.1. The quantitative estimate of drug-likeness (QED) is 0.136. The van der Waals surface area contributed by atoms with Gasteiger partial charge in [-0.25, -0.2) is 13.2 Å². The lowest BCUT2D eigenvalue weighted by Crippen LogP contribution is -2.08. The van der Waals surface area contributed by atoms with E-state index < -0.39 is 46.6 Å². The molecule has 1 aliphatic rings. The highest BCUT2D eigenvalue weighted by atomic mass is 79.9. The molecular formula is C22H13BrF8O2S. The first-order valence-electron chi connectivity index (χ1n) is 9.43. The zero-order valence-corrected chi connectivity index (χ0v) is 19.2. The number of halogens is 9. The van der Waals surface area contributed by atoms with Crippen molar-refractivity contribution in [3.05, 3.63) is 87.2 Å². The molecule has 0 saturated carbocycles. The molecule has 0 spiro atoms. The van der Waals surface area contributed by atoms with E-state index in [-0.39, 0.29) is 0 Å². The molecule has 1 aliphatic heterocycles. The minimum absolute atomic E-state index is 0.412. The molecule has 12 heteroatoms. The maximum Gasteiger partial charge on any atom is 0.416 e. The largest absolute Gasteiger partial charge is 0.493 e. The molecule has 182 valence electrons. The molecule has 0 unspecified atom stereocenters. The van der Waals surface area contributed by atoms with Crippen LogP contribution in [0.15, 0.2) is 51.8 Å². The van der Waals surface area contributed by atoms with Crippen molar-refractivity contribution in [2.24, 2.45) is 0 Å². The van der Waals surface area contributed by atoms with Crippen LogP contribution < -0.4 is 8.92 Å². The van der Waals surface area contributed by atoms with Crippen molar-refractivity contribution in [3.63, 3.8) is 0 Å². The van der Waals surface area contributed by atoms with Gasteiger partial charge in [0.1, 0.15) is 5.75 Å². The minimum Gasteiger partial charge on any atom is -0.493 e. The van der Waals surface area contributed by atoms with Crippen molar-refractivity contribution < 1.29 is 44.0 Å². The van der Waals surface area contributed by atoms with Crippen LogP contribution in [-0.2, 0) is 12.6 Å². The molecule has 0 fully saturated rings. The third-order valence-corrected chi connectivity index (χ3v) is 5.62. The molecule has 0 amide bonds. The first-order valence-corrected chi connectivity index (χ1v) is 11.0. The van der Waals surface area contributed by atoms with Gasteiger partial charge < -0.3 is 8.92 Å². The van der Waals surface area contributed by atoms with E-state index in [9.17, 15) is 35.1 Å². The van der Waals surface area contributed by atoms with Gasteiger partial charge >= 0.3 is 6.18 Å². The van der Waals surface area contributed by atoms with Crippen molar-refractivity contribution in [1.29, 1.82) is 0 Å². The number of hydrogen-bond donors (Lipinski definition) is 0. The van der Waals surface area contributed by atoms with Crippen LogP contribution >= 0.6 is 28.0 Å². The summed E-state index contributed by atoms with van der Waals surface area (Å²) in [6.07, 6.45) is -2.51.